The summed E-state index contributed by atoms with van der Waals surface area (Å²) in [6.07, 6.45) is 15.5. The molecule has 2 aliphatic carbocycles. The van der Waals surface area contributed by atoms with Gasteiger partial charge in [-0.05, 0) is 50.0 Å². The second-order valence-electron chi connectivity index (χ2n) is 8.38. The molecule has 0 aliphatic heterocycles. The van der Waals surface area contributed by atoms with E-state index in [1.807, 2.05) is 25.2 Å². The summed E-state index contributed by atoms with van der Waals surface area (Å²) in [6, 6.07) is 0. The standard InChI is InChI=1S/C23H36O4/c1-3-16(23(26)27)8-6-5-7-9-21-18(11-13-22(21)25)10-12-20(24)15-19-14-17(19)4-2/h10-13,16-21,24H,3-9,14-15H2,1-2H3,(H,26,27)/b12-10+/t16?,17?,18-,19?,20?,21+/m0/s1. The van der Waals surface area contributed by atoms with Crippen molar-refractivity contribution >= 4 is 11.8 Å². The van der Waals surface area contributed by atoms with E-state index in [9.17, 15) is 14.7 Å². The maximum Gasteiger partial charge on any atom is 0.306 e. The van der Waals surface area contributed by atoms with Crippen LogP contribution < -0.4 is 0 Å². The van der Waals surface area contributed by atoms with E-state index in [1.165, 1.54) is 12.8 Å². The Morgan fingerprint density at radius 1 is 1.26 bits per heavy atom. The number of carboxylic acids is 1. The molecule has 152 valence electrons. The Labute approximate surface area is 163 Å². The molecule has 0 radical (unpaired) electrons. The molecule has 0 amide bonds. The van der Waals surface area contributed by atoms with Gasteiger partial charge in [0.05, 0.1) is 12.0 Å². The summed E-state index contributed by atoms with van der Waals surface area (Å²) in [5.41, 5.74) is 0. The van der Waals surface area contributed by atoms with Gasteiger partial charge in [-0.15, -0.1) is 0 Å². The number of aliphatic hydroxyl groups excluding tert-OH is 1. The average Bonchev–Trinajstić information content (AvgIpc) is 3.30. The highest BCUT2D eigenvalue weighted by molar-refractivity contribution is 5.94. The van der Waals surface area contributed by atoms with Gasteiger partial charge in [-0.3, -0.25) is 9.59 Å². The number of ketones is 1. The fourth-order valence-corrected chi connectivity index (χ4v) is 4.36. The molecule has 6 atom stereocenters. The Hall–Kier alpha value is -1.42. The third-order valence-corrected chi connectivity index (χ3v) is 6.42. The minimum atomic E-state index is -0.701. The minimum absolute atomic E-state index is 0.0146. The molecule has 2 N–H and O–H groups in total. The lowest BCUT2D eigenvalue weighted by atomic mass is 9.88. The molecule has 2 aliphatic rings. The summed E-state index contributed by atoms with van der Waals surface area (Å²) in [6.45, 7) is 4.12. The molecular formula is C23H36O4. The first-order valence-electron chi connectivity index (χ1n) is 10.8. The molecule has 0 spiro atoms. The zero-order valence-corrected chi connectivity index (χ0v) is 16.8. The predicted octanol–water partition coefficient (Wildman–Crippen LogP) is 4.77. The highest BCUT2D eigenvalue weighted by Crippen LogP contribution is 2.44. The van der Waals surface area contributed by atoms with Crippen molar-refractivity contribution in [1.82, 2.24) is 0 Å². The molecule has 0 aromatic carbocycles. The monoisotopic (exact) mass is 376 g/mol. The zero-order valence-electron chi connectivity index (χ0n) is 16.8. The largest absolute Gasteiger partial charge is 0.481 e. The topological polar surface area (TPSA) is 74.6 Å². The lowest BCUT2D eigenvalue weighted by Crippen LogP contribution is -2.15. The number of carbonyl (C=O) groups excluding carboxylic acids is 1. The lowest BCUT2D eigenvalue weighted by molar-refractivity contribution is -0.142. The van der Waals surface area contributed by atoms with Gasteiger partial charge in [-0.2, -0.15) is 0 Å². The molecule has 2 rings (SSSR count). The summed E-state index contributed by atoms with van der Waals surface area (Å²) >= 11 is 0. The fourth-order valence-electron chi connectivity index (χ4n) is 4.36. The molecular weight excluding hydrogens is 340 g/mol. The van der Waals surface area contributed by atoms with Crippen molar-refractivity contribution in [3.63, 3.8) is 0 Å². The first-order valence-corrected chi connectivity index (χ1v) is 10.8. The van der Waals surface area contributed by atoms with Crippen LogP contribution in [-0.4, -0.2) is 28.1 Å². The van der Waals surface area contributed by atoms with E-state index in [2.05, 4.69) is 6.92 Å². The van der Waals surface area contributed by atoms with E-state index < -0.39 is 12.1 Å². The molecule has 4 nitrogen and oxygen atoms in total. The normalized spacial score (nSPS) is 29.4. The highest BCUT2D eigenvalue weighted by atomic mass is 16.4. The number of hydrogen-bond donors (Lipinski definition) is 2. The predicted molar refractivity (Wildman–Crippen MR) is 107 cm³/mol. The van der Waals surface area contributed by atoms with Gasteiger partial charge >= 0.3 is 5.97 Å². The maximum absolute atomic E-state index is 12.1. The lowest BCUT2D eigenvalue weighted by Gasteiger charge is -2.16. The van der Waals surface area contributed by atoms with Crippen molar-refractivity contribution in [2.45, 2.75) is 77.7 Å². The third kappa shape index (κ3) is 6.91. The second-order valence-corrected chi connectivity index (χ2v) is 8.38. The van der Waals surface area contributed by atoms with Crippen molar-refractivity contribution in [2.75, 3.05) is 0 Å². The Balaban J connectivity index is 1.69. The van der Waals surface area contributed by atoms with Gasteiger partial charge < -0.3 is 10.2 Å². The van der Waals surface area contributed by atoms with Crippen LogP contribution in [0.1, 0.15) is 71.6 Å². The SMILES string of the molecule is CCC(CCCCC[C@H]1C(=O)C=C[C@@H]1/C=C/C(O)CC1CC1CC)C(=O)O. The molecule has 1 saturated carbocycles. The zero-order chi connectivity index (χ0) is 19.8. The molecule has 27 heavy (non-hydrogen) atoms. The third-order valence-electron chi connectivity index (χ3n) is 6.42. The van der Waals surface area contributed by atoms with Crippen molar-refractivity contribution in [1.29, 1.82) is 0 Å². The number of carbonyl (C=O) groups is 2. The fraction of sp³-hybridized carbons (Fsp3) is 0.739. The molecule has 0 bridgehead atoms. The number of rotatable bonds is 13. The Bertz CT molecular complexity index is 551. The van der Waals surface area contributed by atoms with Gasteiger partial charge in [0.1, 0.15) is 0 Å². The summed E-state index contributed by atoms with van der Waals surface area (Å²) in [4.78, 5) is 23.2. The van der Waals surface area contributed by atoms with Gasteiger partial charge in [-0.1, -0.05) is 57.8 Å². The Morgan fingerprint density at radius 3 is 2.67 bits per heavy atom. The van der Waals surface area contributed by atoms with Gasteiger partial charge in [0.15, 0.2) is 5.78 Å². The van der Waals surface area contributed by atoms with E-state index in [4.69, 9.17) is 5.11 Å². The first kappa shape index (κ1) is 21.9. The average molecular weight is 377 g/mol. The molecule has 4 unspecified atom stereocenters. The van der Waals surface area contributed by atoms with Crippen LogP contribution in [0.5, 0.6) is 0 Å². The highest BCUT2D eigenvalue weighted by Gasteiger charge is 2.36. The van der Waals surface area contributed by atoms with E-state index in [1.54, 1.807) is 6.08 Å². The van der Waals surface area contributed by atoms with Gasteiger partial charge in [0.25, 0.3) is 0 Å². The quantitative estimate of drug-likeness (QED) is 0.358. The van der Waals surface area contributed by atoms with Crippen LogP contribution in [-0.2, 0) is 9.59 Å². The molecule has 0 aromatic rings. The second kappa shape index (κ2) is 10.8. The van der Waals surface area contributed by atoms with Crippen molar-refractivity contribution < 1.29 is 19.8 Å². The number of unbranched alkanes of at least 4 members (excludes halogenated alkanes) is 2. The van der Waals surface area contributed by atoms with Crippen LogP contribution in [0.4, 0.5) is 0 Å². The van der Waals surface area contributed by atoms with Crippen LogP contribution in [0, 0.1) is 29.6 Å². The van der Waals surface area contributed by atoms with Gasteiger partial charge in [0.2, 0.25) is 0 Å². The van der Waals surface area contributed by atoms with Crippen molar-refractivity contribution in [3.05, 3.63) is 24.3 Å². The minimum Gasteiger partial charge on any atom is -0.481 e. The first-order chi connectivity index (χ1) is 13.0. The summed E-state index contributed by atoms with van der Waals surface area (Å²) in [5, 5.41) is 19.3. The van der Waals surface area contributed by atoms with E-state index in [-0.39, 0.29) is 23.5 Å². The molecule has 0 saturated heterocycles. The van der Waals surface area contributed by atoms with Gasteiger partial charge in [-0.25, -0.2) is 0 Å². The Kier molecular flexibility index (Phi) is 8.75. The smallest absolute Gasteiger partial charge is 0.306 e. The number of aliphatic carboxylic acids is 1. The Morgan fingerprint density at radius 2 is 2.04 bits per heavy atom. The van der Waals surface area contributed by atoms with Gasteiger partial charge in [0, 0.05) is 11.8 Å². The van der Waals surface area contributed by atoms with E-state index in [0.29, 0.717) is 12.3 Å². The van der Waals surface area contributed by atoms with Crippen LogP contribution in [0.25, 0.3) is 0 Å². The number of carboxylic acid groups (broad SMARTS) is 1. The van der Waals surface area contributed by atoms with Crippen LogP contribution in [0.15, 0.2) is 24.3 Å². The molecule has 4 heteroatoms. The number of aliphatic hydroxyl groups is 1. The molecule has 0 heterocycles. The summed E-state index contributed by atoms with van der Waals surface area (Å²) in [5.74, 6) is 0.786. The van der Waals surface area contributed by atoms with E-state index >= 15 is 0 Å². The number of hydrogen-bond acceptors (Lipinski definition) is 3. The van der Waals surface area contributed by atoms with Crippen molar-refractivity contribution in [3.8, 4) is 0 Å². The summed E-state index contributed by atoms with van der Waals surface area (Å²) in [7, 11) is 0. The summed E-state index contributed by atoms with van der Waals surface area (Å²) < 4.78 is 0. The number of allylic oxidation sites excluding steroid dienone is 3. The van der Waals surface area contributed by atoms with Crippen molar-refractivity contribution in [2.24, 2.45) is 29.6 Å². The van der Waals surface area contributed by atoms with E-state index in [0.717, 1.165) is 44.4 Å². The molecule has 0 aromatic heterocycles. The van der Waals surface area contributed by atoms with Crippen LogP contribution in [0.2, 0.25) is 0 Å². The van der Waals surface area contributed by atoms with Crippen LogP contribution in [0.3, 0.4) is 0 Å². The van der Waals surface area contributed by atoms with Crippen LogP contribution >= 0.6 is 0 Å². The maximum atomic E-state index is 12.1. The molecule has 1 fully saturated rings.